The van der Waals surface area contributed by atoms with Gasteiger partial charge in [-0.15, -0.1) is 0 Å². The predicted molar refractivity (Wildman–Crippen MR) is 133 cm³/mol. The smallest absolute Gasteiger partial charge is 0.414 e. The van der Waals surface area contributed by atoms with Crippen molar-refractivity contribution in [2.75, 3.05) is 61.7 Å². The van der Waals surface area contributed by atoms with Crippen molar-refractivity contribution in [3.05, 3.63) is 35.4 Å². The topological polar surface area (TPSA) is 147 Å². The van der Waals surface area contributed by atoms with Gasteiger partial charge in [0.05, 0.1) is 35.5 Å². The number of piperazine rings is 1. The maximum atomic E-state index is 10.1. The third-order valence-corrected chi connectivity index (χ3v) is 5.72. The monoisotopic (exact) mass is 522 g/mol. The van der Waals surface area contributed by atoms with Crippen LogP contribution in [0.5, 0.6) is 34.5 Å². The Balaban J connectivity index is 0.000000717. The molecule has 0 amide bonds. The Bertz CT molecular complexity index is 1010. The van der Waals surface area contributed by atoms with E-state index < -0.39 is 11.9 Å². The van der Waals surface area contributed by atoms with E-state index in [1.165, 1.54) is 0 Å². The highest BCUT2D eigenvalue weighted by Crippen LogP contribution is 2.39. The van der Waals surface area contributed by atoms with Gasteiger partial charge < -0.3 is 39.0 Å². The van der Waals surface area contributed by atoms with E-state index in [4.69, 9.17) is 43.5 Å². The zero-order valence-electron chi connectivity index (χ0n) is 21.6. The highest BCUT2D eigenvalue weighted by Gasteiger charge is 2.20. The van der Waals surface area contributed by atoms with Crippen molar-refractivity contribution < 1.29 is 48.6 Å². The number of aliphatic carboxylic acids is 2. The highest BCUT2D eigenvalue weighted by molar-refractivity contribution is 6.27. The fourth-order valence-electron chi connectivity index (χ4n) is 3.89. The Labute approximate surface area is 215 Å². The van der Waals surface area contributed by atoms with Crippen LogP contribution in [0.1, 0.15) is 11.1 Å². The number of rotatable bonds is 9. The molecule has 1 aliphatic heterocycles. The lowest BCUT2D eigenvalue weighted by Crippen LogP contribution is -2.45. The summed E-state index contributed by atoms with van der Waals surface area (Å²) in [6.07, 6.45) is 0. The fourth-order valence-corrected chi connectivity index (χ4v) is 3.89. The van der Waals surface area contributed by atoms with Gasteiger partial charge in [-0.2, -0.15) is 0 Å². The molecule has 37 heavy (non-hydrogen) atoms. The van der Waals surface area contributed by atoms with Gasteiger partial charge in [0.25, 0.3) is 0 Å². The number of aromatic hydroxyl groups is 1. The Kier molecular flexibility index (Phi) is 11.1. The number of benzene rings is 2. The average molecular weight is 523 g/mol. The van der Waals surface area contributed by atoms with E-state index in [0.29, 0.717) is 28.7 Å². The number of ether oxygens (including phenoxy) is 5. The van der Waals surface area contributed by atoms with E-state index in [-0.39, 0.29) is 5.75 Å². The van der Waals surface area contributed by atoms with E-state index in [1.54, 1.807) is 35.5 Å². The summed E-state index contributed by atoms with van der Waals surface area (Å²) < 4.78 is 26.9. The molecule has 204 valence electrons. The number of carbonyl (C=O) groups is 2. The molecule has 0 aliphatic carbocycles. The number of carboxylic acid groups (broad SMARTS) is 2. The second kappa shape index (κ2) is 14.0. The van der Waals surface area contributed by atoms with Crippen LogP contribution in [0.3, 0.4) is 0 Å². The largest absolute Gasteiger partial charge is 0.502 e. The van der Waals surface area contributed by atoms with Crippen molar-refractivity contribution in [1.29, 1.82) is 0 Å². The molecule has 1 saturated heterocycles. The summed E-state index contributed by atoms with van der Waals surface area (Å²) in [4.78, 5) is 23.0. The van der Waals surface area contributed by atoms with Crippen LogP contribution >= 0.6 is 0 Å². The molecule has 0 saturated carbocycles. The molecule has 12 heteroatoms. The number of phenols is 1. The second-order valence-electron chi connectivity index (χ2n) is 8.05. The average Bonchev–Trinajstić information content (AvgIpc) is 2.90. The van der Waals surface area contributed by atoms with Crippen molar-refractivity contribution in [1.82, 2.24) is 9.80 Å². The predicted octanol–water partition coefficient (Wildman–Crippen LogP) is 1.91. The quantitative estimate of drug-likeness (QED) is 0.413. The van der Waals surface area contributed by atoms with Crippen molar-refractivity contribution in [2.45, 2.75) is 13.1 Å². The van der Waals surface area contributed by atoms with Gasteiger partial charge in [-0.05, 0) is 35.4 Å². The van der Waals surface area contributed by atoms with Gasteiger partial charge in [0.15, 0.2) is 23.0 Å². The van der Waals surface area contributed by atoms with Gasteiger partial charge in [0, 0.05) is 39.3 Å². The van der Waals surface area contributed by atoms with Crippen LogP contribution in [0.2, 0.25) is 0 Å². The molecule has 0 radical (unpaired) electrons. The van der Waals surface area contributed by atoms with Crippen LogP contribution in [0.25, 0.3) is 0 Å². The molecule has 1 fully saturated rings. The van der Waals surface area contributed by atoms with Crippen LogP contribution in [-0.4, -0.2) is 98.8 Å². The van der Waals surface area contributed by atoms with E-state index in [1.807, 2.05) is 24.3 Å². The summed E-state index contributed by atoms with van der Waals surface area (Å²) in [7, 11) is 7.96. The highest BCUT2D eigenvalue weighted by atomic mass is 16.5. The van der Waals surface area contributed by atoms with Gasteiger partial charge in [-0.25, -0.2) is 9.59 Å². The first-order chi connectivity index (χ1) is 17.7. The standard InChI is InChI=1S/C23H32N2O6.C2H2O4/c1-27-18-10-16(11-19(28-2)22(18)26)14-24-6-8-25(9-7-24)15-17-12-20(29-3)23(31-5)21(13-17)30-4;3-1(4)2(5)6/h10-13,26H,6-9,14-15H2,1-5H3;(H,3,4)(H,5,6). The number of nitrogens with zero attached hydrogens (tertiary/aromatic N) is 2. The van der Waals surface area contributed by atoms with Crippen molar-refractivity contribution in [3.8, 4) is 34.5 Å². The number of carboxylic acids is 2. The van der Waals surface area contributed by atoms with Gasteiger partial charge >= 0.3 is 11.9 Å². The maximum Gasteiger partial charge on any atom is 0.414 e. The molecule has 3 rings (SSSR count). The fraction of sp³-hybridized carbons (Fsp3) is 0.440. The summed E-state index contributed by atoms with van der Waals surface area (Å²) in [5, 5.41) is 24.9. The van der Waals surface area contributed by atoms with E-state index in [0.717, 1.165) is 50.4 Å². The first-order valence-electron chi connectivity index (χ1n) is 11.3. The minimum absolute atomic E-state index is 0.0314. The minimum atomic E-state index is -1.82. The third-order valence-electron chi connectivity index (χ3n) is 5.72. The van der Waals surface area contributed by atoms with Crippen LogP contribution in [0, 0.1) is 0 Å². The molecule has 12 nitrogen and oxygen atoms in total. The van der Waals surface area contributed by atoms with Crippen molar-refractivity contribution in [3.63, 3.8) is 0 Å². The van der Waals surface area contributed by atoms with Crippen molar-refractivity contribution in [2.24, 2.45) is 0 Å². The zero-order valence-corrected chi connectivity index (χ0v) is 21.6. The summed E-state index contributed by atoms with van der Waals surface area (Å²) >= 11 is 0. The first-order valence-corrected chi connectivity index (χ1v) is 11.3. The Hall–Kier alpha value is -3.90. The molecule has 0 bridgehead atoms. The SMILES string of the molecule is COc1cc(CN2CCN(Cc3cc(OC)c(OC)c(OC)c3)CC2)cc(OC)c1O.O=C(O)C(=O)O. The molecule has 0 aromatic heterocycles. The Morgan fingerprint density at radius 3 is 1.24 bits per heavy atom. The second-order valence-corrected chi connectivity index (χ2v) is 8.05. The summed E-state index contributed by atoms with van der Waals surface area (Å²) in [5.74, 6) is -0.811. The molecule has 0 unspecified atom stereocenters. The van der Waals surface area contributed by atoms with Gasteiger partial charge in [0.2, 0.25) is 11.5 Å². The first kappa shape index (κ1) is 29.3. The lowest BCUT2D eigenvalue weighted by atomic mass is 10.1. The molecule has 1 heterocycles. The third kappa shape index (κ3) is 8.05. The number of methoxy groups -OCH3 is 5. The molecular formula is C25H34N2O10. The van der Waals surface area contributed by atoms with Gasteiger partial charge in [0.1, 0.15) is 0 Å². The molecule has 3 N–H and O–H groups in total. The van der Waals surface area contributed by atoms with Crippen LogP contribution in [-0.2, 0) is 22.7 Å². The van der Waals surface area contributed by atoms with E-state index in [9.17, 15) is 5.11 Å². The molecule has 2 aromatic carbocycles. The molecular weight excluding hydrogens is 488 g/mol. The summed E-state index contributed by atoms with van der Waals surface area (Å²) in [6, 6.07) is 7.73. The van der Waals surface area contributed by atoms with E-state index in [2.05, 4.69) is 9.80 Å². The normalized spacial score (nSPS) is 13.6. The lowest BCUT2D eigenvalue weighted by molar-refractivity contribution is -0.159. The maximum absolute atomic E-state index is 10.1. The van der Waals surface area contributed by atoms with Gasteiger partial charge in [-0.1, -0.05) is 0 Å². The van der Waals surface area contributed by atoms with Crippen LogP contribution in [0.15, 0.2) is 24.3 Å². The molecule has 0 spiro atoms. The number of hydrogen-bond acceptors (Lipinski definition) is 10. The molecule has 2 aromatic rings. The number of hydrogen-bond donors (Lipinski definition) is 3. The zero-order chi connectivity index (χ0) is 27.5. The minimum Gasteiger partial charge on any atom is -0.502 e. The molecule has 0 atom stereocenters. The summed E-state index contributed by atoms with van der Waals surface area (Å²) in [6.45, 7) is 5.36. The Morgan fingerprint density at radius 2 is 0.973 bits per heavy atom. The number of phenolic OH excluding ortho intramolecular Hbond substituents is 1. The van der Waals surface area contributed by atoms with Gasteiger partial charge in [-0.3, -0.25) is 9.80 Å². The van der Waals surface area contributed by atoms with Crippen molar-refractivity contribution >= 4 is 11.9 Å². The van der Waals surface area contributed by atoms with Crippen LogP contribution in [0.4, 0.5) is 0 Å². The lowest BCUT2D eigenvalue weighted by Gasteiger charge is -2.35. The van der Waals surface area contributed by atoms with E-state index >= 15 is 0 Å². The Morgan fingerprint density at radius 1 is 0.649 bits per heavy atom. The summed E-state index contributed by atoms with van der Waals surface area (Å²) in [5.41, 5.74) is 2.17. The van der Waals surface area contributed by atoms with Crippen LogP contribution < -0.4 is 23.7 Å². The molecule has 1 aliphatic rings.